The lowest BCUT2D eigenvalue weighted by atomic mass is 10.2. The number of benzene rings is 1. The molecule has 0 bridgehead atoms. The minimum Gasteiger partial charge on any atom is -0.445 e. The number of hydrogen-bond acceptors (Lipinski definition) is 4. The van der Waals surface area contributed by atoms with Crippen LogP contribution in [0.5, 0.6) is 0 Å². The Bertz CT molecular complexity index is 583. The van der Waals surface area contributed by atoms with E-state index < -0.39 is 5.60 Å². The molecule has 0 unspecified atom stereocenters. The molecule has 0 spiro atoms. The molecule has 2 amide bonds. The number of ether oxygens (including phenoxy) is 2. The third-order valence-electron chi connectivity index (χ3n) is 4.05. The molecular weight excluding hydrogens is 320 g/mol. The van der Waals surface area contributed by atoms with E-state index in [1.54, 1.807) is 9.80 Å². The Hall–Kier alpha value is -2.24. The lowest BCUT2D eigenvalue weighted by Gasteiger charge is -2.30. The van der Waals surface area contributed by atoms with Crippen LogP contribution in [0.1, 0.15) is 39.7 Å². The number of amides is 2. The Morgan fingerprint density at radius 1 is 1.08 bits per heavy atom. The van der Waals surface area contributed by atoms with Crippen molar-refractivity contribution < 1.29 is 19.1 Å². The van der Waals surface area contributed by atoms with Gasteiger partial charge in [-0.2, -0.15) is 0 Å². The molecular formula is C19H28N2O4. The van der Waals surface area contributed by atoms with Crippen LogP contribution in [0, 0.1) is 0 Å². The Morgan fingerprint density at radius 2 is 1.76 bits per heavy atom. The first kappa shape index (κ1) is 19.1. The molecule has 0 saturated carbocycles. The van der Waals surface area contributed by atoms with Gasteiger partial charge in [-0.25, -0.2) is 9.59 Å². The summed E-state index contributed by atoms with van der Waals surface area (Å²) in [7, 11) is 0. The molecule has 2 rings (SSSR count). The molecule has 1 aromatic rings. The number of nitrogens with zero attached hydrogens (tertiary/aromatic N) is 2. The average Bonchev–Trinajstić information content (AvgIpc) is 2.74. The van der Waals surface area contributed by atoms with Gasteiger partial charge in [0.2, 0.25) is 0 Å². The summed E-state index contributed by atoms with van der Waals surface area (Å²) >= 11 is 0. The third kappa shape index (κ3) is 5.96. The van der Waals surface area contributed by atoms with E-state index in [1.807, 2.05) is 58.0 Å². The largest absolute Gasteiger partial charge is 0.445 e. The molecule has 25 heavy (non-hydrogen) atoms. The normalized spacial score (nSPS) is 18.5. The van der Waals surface area contributed by atoms with Crippen LogP contribution >= 0.6 is 0 Å². The summed E-state index contributed by atoms with van der Waals surface area (Å²) < 4.78 is 10.8. The summed E-state index contributed by atoms with van der Waals surface area (Å²) in [6, 6.07) is 9.60. The van der Waals surface area contributed by atoms with Crippen LogP contribution in [-0.2, 0) is 16.1 Å². The van der Waals surface area contributed by atoms with E-state index in [2.05, 4.69) is 0 Å². The van der Waals surface area contributed by atoms with E-state index in [-0.39, 0.29) is 24.8 Å². The van der Waals surface area contributed by atoms with Crippen LogP contribution in [0.3, 0.4) is 0 Å². The molecule has 1 aliphatic rings. The van der Waals surface area contributed by atoms with Gasteiger partial charge >= 0.3 is 12.2 Å². The highest BCUT2D eigenvalue weighted by Crippen LogP contribution is 2.17. The topological polar surface area (TPSA) is 59.1 Å². The van der Waals surface area contributed by atoms with Crippen molar-refractivity contribution in [2.24, 2.45) is 0 Å². The zero-order chi connectivity index (χ0) is 18.4. The highest BCUT2D eigenvalue weighted by molar-refractivity contribution is 5.70. The van der Waals surface area contributed by atoms with Crippen molar-refractivity contribution in [3.05, 3.63) is 35.9 Å². The van der Waals surface area contributed by atoms with Gasteiger partial charge in [-0.05, 0) is 39.7 Å². The fraction of sp³-hybridized carbons (Fsp3) is 0.579. The average molecular weight is 348 g/mol. The molecule has 1 aliphatic heterocycles. The van der Waals surface area contributed by atoms with Crippen molar-refractivity contribution in [3.63, 3.8) is 0 Å². The lowest BCUT2D eigenvalue weighted by Crippen LogP contribution is -2.43. The molecule has 138 valence electrons. The van der Waals surface area contributed by atoms with Crippen molar-refractivity contribution >= 4 is 12.2 Å². The van der Waals surface area contributed by atoms with Gasteiger partial charge in [0.25, 0.3) is 0 Å². The Morgan fingerprint density at radius 3 is 2.40 bits per heavy atom. The molecule has 1 aromatic carbocycles. The van der Waals surface area contributed by atoms with Crippen molar-refractivity contribution in [1.29, 1.82) is 0 Å². The quantitative estimate of drug-likeness (QED) is 0.818. The highest BCUT2D eigenvalue weighted by Gasteiger charge is 2.30. The number of rotatable bonds is 2. The van der Waals surface area contributed by atoms with E-state index in [9.17, 15) is 9.59 Å². The van der Waals surface area contributed by atoms with Crippen LogP contribution < -0.4 is 0 Å². The van der Waals surface area contributed by atoms with Gasteiger partial charge in [0.1, 0.15) is 12.2 Å². The molecule has 0 aliphatic carbocycles. The molecule has 0 N–H and O–H groups in total. The number of carbonyl (C=O) groups is 2. The molecule has 1 heterocycles. The van der Waals surface area contributed by atoms with E-state index in [4.69, 9.17) is 9.47 Å². The molecule has 0 radical (unpaired) electrons. The second-order valence-corrected chi connectivity index (χ2v) is 7.34. The SMILES string of the molecule is C[C@@H]1CCN(C(=O)OCc2ccccc2)CCN1C(=O)OC(C)(C)C. The second kappa shape index (κ2) is 8.23. The van der Waals surface area contributed by atoms with Crippen molar-refractivity contribution in [2.75, 3.05) is 19.6 Å². The van der Waals surface area contributed by atoms with Crippen LogP contribution in [0.4, 0.5) is 9.59 Å². The zero-order valence-electron chi connectivity index (χ0n) is 15.5. The van der Waals surface area contributed by atoms with Crippen LogP contribution in [0.25, 0.3) is 0 Å². The summed E-state index contributed by atoms with van der Waals surface area (Å²) in [5, 5.41) is 0. The van der Waals surface area contributed by atoms with Gasteiger partial charge in [0.05, 0.1) is 0 Å². The maximum absolute atomic E-state index is 12.3. The third-order valence-corrected chi connectivity index (χ3v) is 4.05. The Balaban J connectivity index is 1.88. The van der Waals surface area contributed by atoms with Gasteiger partial charge in [0.15, 0.2) is 0 Å². The van der Waals surface area contributed by atoms with Gasteiger partial charge in [-0.15, -0.1) is 0 Å². The Labute approximate surface area is 149 Å². The maximum Gasteiger partial charge on any atom is 0.410 e. The van der Waals surface area contributed by atoms with Crippen LogP contribution in [-0.4, -0.2) is 53.3 Å². The number of hydrogen-bond donors (Lipinski definition) is 0. The number of carbonyl (C=O) groups excluding carboxylic acids is 2. The lowest BCUT2D eigenvalue weighted by molar-refractivity contribution is 0.0185. The van der Waals surface area contributed by atoms with E-state index in [0.29, 0.717) is 26.1 Å². The predicted molar refractivity (Wildman–Crippen MR) is 95.2 cm³/mol. The molecule has 6 nitrogen and oxygen atoms in total. The standard InChI is InChI=1S/C19H28N2O4/c1-15-10-11-20(12-13-21(15)18(23)25-19(2,3)4)17(22)24-14-16-8-6-5-7-9-16/h5-9,15H,10-14H2,1-4H3/t15-/m1/s1. The van der Waals surface area contributed by atoms with Crippen molar-refractivity contribution in [2.45, 2.75) is 52.4 Å². The smallest absolute Gasteiger partial charge is 0.410 e. The minimum atomic E-state index is -0.530. The zero-order valence-corrected chi connectivity index (χ0v) is 15.5. The molecule has 6 heteroatoms. The summed E-state index contributed by atoms with van der Waals surface area (Å²) in [5.41, 5.74) is 0.423. The fourth-order valence-electron chi connectivity index (χ4n) is 2.64. The summed E-state index contributed by atoms with van der Waals surface area (Å²) in [4.78, 5) is 28.0. The minimum absolute atomic E-state index is 0.0155. The van der Waals surface area contributed by atoms with Gasteiger partial charge < -0.3 is 19.3 Å². The first-order valence-electron chi connectivity index (χ1n) is 8.71. The van der Waals surface area contributed by atoms with E-state index in [1.165, 1.54) is 0 Å². The first-order valence-corrected chi connectivity index (χ1v) is 8.71. The Kier molecular flexibility index (Phi) is 6.28. The van der Waals surface area contributed by atoms with E-state index >= 15 is 0 Å². The van der Waals surface area contributed by atoms with Gasteiger partial charge in [0, 0.05) is 25.7 Å². The summed E-state index contributed by atoms with van der Waals surface area (Å²) in [6.45, 7) is 9.22. The molecule has 0 aromatic heterocycles. The monoisotopic (exact) mass is 348 g/mol. The van der Waals surface area contributed by atoms with Crippen LogP contribution in [0.15, 0.2) is 30.3 Å². The molecule has 1 atom stereocenters. The maximum atomic E-state index is 12.3. The first-order chi connectivity index (χ1) is 11.8. The highest BCUT2D eigenvalue weighted by atomic mass is 16.6. The van der Waals surface area contributed by atoms with Crippen LogP contribution in [0.2, 0.25) is 0 Å². The predicted octanol–water partition coefficient (Wildman–Crippen LogP) is 3.65. The molecule has 1 fully saturated rings. The summed E-state index contributed by atoms with van der Waals surface area (Å²) in [5.74, 6) is 0. The van der Waals surface area contributed by atoms with Gasteiger partial charge in [-0.3, -0.25) is 0 Å². The molecule has 1 saturated heterocycles. The summed E-state index contributed by atoms with van der Waals surface area (Å²) in [6.07, 6.45) is 0.0150. The second-order valence-electron chi connectivity index (χ2n) is 7.34. The van der Waals surface area contributed by atoms with Crippen molar-refractivity contribution in [1.82, 2.24) is 9.80 Å². The van der Waals surface area contributed by atoms with Crippen molar-refractivity contribution in [3.8, 4) is 0 Å². The van der Waals surface area contributed by atoms with E-state index in [0.717, 1.165) is 5.56 Å². The fourth-order valence-corrected chi connectivity index (χ4v) is 2.64. The van der Waals surface area contributed by atoms with Gasteiger partial charge in [-0.1, -0.05) is 30.3 Å².